The molecule has 1 aromatic carbocycles. The van der Waals surface area contributed by atoms with Gasteiger partial charge in [0.15, 0.2) is 5.75 Å². The summed E-state index contributed by atoms with van der Waals surface area (Å²) < 4.78 is 104. The molecule has 152 valence electrons. The highest BCUT2D eigenvalue weighted by molar-refractivity contribution is 9.10. The third kappa shape index (κ3) is 5.48. The molecule has 2 rings (SSSR count). The first-order chi connectivity index (χ1) is 12.2. The van der Waals surface area contributed by atoms with Gasteiger partial charge in [0.1, 0.15) is 4.90 Å². The summed E-state index contributed by atoms with van der Waals surface area (Å²) >= 11 is 2.90. The van der Waals surface area contributed by atoms with Gasteiger partial charge in [0, 0.05) is 23.6 Å². The van der Waals surface area contributed by atoms with Gasteiger partial charge in [0.2, 0.25) is 10.0 Å². The molecule has 0 aromatic heterocycles. The van der Waals surface area contributed by atoms with Crippen molar-refractivity contribution in [1.82, 2.24) is 9.62 Å². The van der Waals surface area contributed by atoms with E-state index in [0.717, 1.165) is 12.1 Å². The molecule has 0 aliphatic carbocycles. The molecule has 14 heteroatoms. The van der Waals surface area contributed by atoms with Crippen molar-refractivity contribution in [1.29, 1.82) is 0 Å². The Balaban J connectivity index is 2.24. The predicted octanol–water partition coefficient (Wildman–Crippen LogP) is 2.79. The molecule has 1 aliphatic heterocycles. The highest BCUT2D eigenvalue weighted by Crippen LogP contribution is 2.35. The number of sulfonamides is 1. The minimum atomic E-state index is -5.15. The van der Waals surface area contributed by atoms with Crippen LogP contribution in [0, 0.1) is 0 Å². The Hall–Kier alpha value is -1.54. The SMILES string of the molecule is O=C(NC1CCN(S(=O)(=O)c2ccc(Br)cc2OC(F)(F)F)C1)C(F)(F)F. The zero-order valence-corrected chi connectivity index (χ0v) is 15.5. The Bertz CT molecular complexity index is 827. The Morgan fingerprint density at radius 2 is 1.85 bits per heavy atom. The number of amides is 1. The second-order valence-corrected chi connectivity index (χ2v) is 8.28. The molecule has 1 aliphatic rings. The molecular formula is C13H11BrF6N2O4S. The molecule has 1 saturated heterocycles. The van der Waals surface area contributed by atoms with Crippen molar-refractivity contribution in [2.24, 2.45) is 0 Å². The zero-order valence-electron chi connectivity index (χ0n) is 13.1. The molecule has 0 bridgehead atoms. The van der Waals surface area contributed by atoms with Gasteiger partial charge >= 0.3 is 18.4 Å². The maximum atomic E-state index is 12.6. The highest BCUT2D eigenvalue weighted by Gasteiger charge is 2.43. The molecule has 1 N–H and O–H groups in total. The van der Waals surface area contributed by atoms with Gasteiger partial charge in [0.05, 0.1) is 0 Å². The molecule has 6 nitrogen and oxygen atoms in total. The van der Waals surface area contributed by atoms with Crippen LogP contribution in [0.2, 0.25) is 0 Å². The quantitative estimate of drug-likeness (QED) is 0.666. The van der Waals surface area contributed by atoms with E-state index in [2.05, 4.69) is 20.7 Å². The van der Waals surface area contributed by atoms with E-state index in [4.69, 9.17) is 0 Å². The van der Waals surface area contributed by atoms with Gasteiger partial charge in [-0.2, -0.15) is 17.5 Å². The number of hydrogen-bond donors (Lipinski definition) is 1. The van der Waals surface area contributed by atoms with Crippen LogP contribution in [-0.4, -0.2) is 50.3 Å². The maximum Gasteiger partial charge on any atom is 0.573 e. The van der Waals surface area contributed by atoms with E-state index in [9.17, 15) is 39.6 Å². The fourth-order valence-electron chi connectivity index (χ4n) is 2.37. The lowest BCUT2D eigenvalue weighted by Crippen LogP contribution is -2.44. The van der Waals surface area contributed by atoms with E-state index in [-0.39, 0.29) is 17.4 Å². The Kier molecular flexibility index (Phi) is 6.02. The predicted molar refractivity (Wildman–Crippen MR) is 82.2 cm³/mol. The zero-order chi connectivity index (χ0) is 20.6. The number of nitrogens with one attached hydrogen (secondary N) is 1. The Morgan fingerprint density at radius 1 is 1.22 bits per heavy atom. The van der Waals surface area contributed by atoms with Crippen LogP contribution in [-0.2, 0) is 14.8 Å². The summed E-state index contributed by atoms with van der Waals surface area (Å²) in [5.41, 5.74) is 0. The number of carbonyl (C=O) groups excluding carboxylic acids is 1. The monoisotopic (exact) mass is 484 g/mol. The highest BCUT2D eigenvalue weighted by atomic mass is 79.9. The van der Waals surface area contributed by atoms with Crippen LogP contribution < -0.4 is 10.1 Å². The van der Waals surface area contributed by atoms with Crippen LogP contribution in [0.3, 0.4) is 0 Å². The van der Waals surface area contributed by atoms with Crippen LogP contribution in [0.1, 0.15) is 6.42 Å². The van der Waals surface area contributed by atoms with E-state index in [0.29, 0.717) is 4.31 Å². The largest absolute Gasteiger partial charge is 0.573 e. The molecule has 27 heavy (non-hydrogen) atoms. The molecule has 0 radical (unpaired) electrons. The lowest BCUT2D eigenvalue weighted by Gasteiger charge is -2.20. The number of ether oxygens (including phenoxy) is 1. The third-order valence-electron chi connectivity index (χ3n) is 3.49. The fraction of sp³-hybridized carbons (Fsp3) is 0.462. The summed E-state index contributed by atoms with van der Waals surface area (Å²) in [6.45, 7) is -0.807. The normalized spacial score (nSPS) is 19.1. The number of rotatable bonds is 4. The average molecular weight is 485 g/mol. The Morgan fingerprint density at radius 3 is 2.41 bits per heavy atom. The average Bonchev–Trinajstić information content (AvgIpc) is 2.93. The van der Waals surface area contributed by atoms with E-state index in [1.54, 1.807) is 5.32 Å². The summed E-state index contributed by atoms with van der Waals surface area (Å²) in [5.74, 6) is -3.21. The number of hydrogen-bond acceptors (Lipinski definition) is 4. The minimum absolute atomic E-state index is 0.123. The standard InChI is InChI=1S/C13H11BrF6N2O4S/c14-7-1-2-10(9(5-7)26-13(18,19)20)27(24,25)22-4-3-8(6-22)21-11(23)12(15,16)17/h1-2,5,8H,3-4,6H2,(H,21,23). The molecule has 0 saturated carbocycles. The second-order valence-electron chi connectivity index (χ2n) is 5.46. The summed E-state index contributed by atoms with van der Waals surface area (Å²) in [6, 6.07) is 1.73. The van der Waals surface area contributed by atoms with Crippen molar-refractivity contribution in [2.75, 3.05) is 13.1 Å². The van der Waals surface area contributed by atoms with Gasteiger partial charge in [-0.25, -0.2) is 8.42 Å². The fourth-order valence-corrected chi connectivity index (χ4v) is 4.31. The first-order valence-corrected chi connectivity index (χ1v) is 9.36. The van der Waals surface area contributed by atoms with Gasteiger partial charge < -0.3 is 10.1 Å². The molecular weight excluding hydrogens is 474 g/mol. The van der Waals surface area contributed by atoms with Gasteiger partial charge in [-0.1, -0.05) is 15.9 Å². The van der Waals surface area contributed by atoms with Crippen LogP contribution in [0.4, 0.5) is 26.3 Å². The molecule has 0 spiro atoms. The molecule has 1 atom stereocenters. The smallest absolute Gasteiger partial charge is 0.404 e. The minimum Gasteiger partial charge on any atom is -0.404 e. The number of benzene rings is 1. The molecule has 1 aromatic rings. The van der Waals surface area contributed by atoms with Crippen molar-refractivity contribution in [2.45, 2.75) is 29.9 Å². The number of halogens is 7. The topological polar surface area (TPSA) is 75.7 Å². The van der Waals surface area contributed by atoms with Gasteiger partial charge in [-0.05, 0) is 24.6 Å². The van der Waals surface area contributed by atoms with Crippen LogP contribution in [0.5, 0.6) is 5.75 Å². The first kappa shape index (κ1) is 21.8. The van der Waals surface area contributed by atoms with Crippen molar-refractivity contribution < 1.29 is 44.3 Å². The van der Waals surface area contributed by atoms with Crippen molar-refractivity contribution >= 4 is 31.9 Å². The van der Waals surface area contributed by atoms with Crippen molar-refractivity contribution in [3.63, 3.8) is 0 Å². The molecule has 1 unspecified atom stereocenters. The van der Waals surface area contributed by atoms with Crippen LogP contribution in [0.25, 0.3) is 0 Å². The lowest BCUT2D eigenvalue weighted by molar-refractivity contribution is -0.275. The summed E-state index contributed by atoms with van der Waals surface area (Å²) in [5, 5.41) is 1.65. The lowest BCUT2D eigenvalue weighted by atomic mass is 10.2. The molecule has 1 amide bonds. The second kappa shape index (κ2) is 7.47. The van der Waals surface area contributed by atoms with Crippen molar-refractivity contribution in [3.05, 3.63) is 22.7 Å². The summed E-state index contributed by atoms with van der Waals surface area (Å²) in [4.78, 5) is 10.1. The van der Waals surface area contributed by atoms with Crippen molar-refractivity contribution in [3.8, 4) is 5.75 Å². The van der Waals surface area contributed by atoms with Gasteiger partial charge in [-0.15, -0.1) is 13.2 Å². The first-order valence-electron chi connectivity index (χ1n) is 7.13. The Labute approximate surface area is 157 Å². The molecule has 1 fully saturated rings. The third-order valence-corrected chi connectivity index (χ3v) is 5.89. The van der Waals surface area contributed by atoms with Crippen LogP contribution >= 0.6 is 15.9 Å². The van der Waals surface area contributed by atoms with Gasteiger partial charge in [0.25, 0.3) is 0 Å². The number of alkyl halides is 6. The summed E-state index contributed by atoms with van der Waals surface area (Å²) in [6.07, 6.45) is -10.4. The number of nitrogens with zero attached hydrogens (tertiary/aromatic N) is 1. The summed E-state index contributed by atoms with van der Waals surface area (Å²) in [7, 11) is -4.51. The van der Waals surface area contributed by atoms with E-state index >= 15 is 0 Å². The van der Waals surface area contributed by atoms with Crippen LogP contribution in [0.15, 0.2) is 27.6 Å². The van der Waals surface area contributed by atoms with Gasteiger partial charge in [-0.3, -0.25) is 4.79 Å². The van der Waals surface area contributed by atoms with E-state index in [1.807, 2.05) is 0 Å². The molecule has 1 heterocycles. The van der Waals surface area contributed by atoms with E-state index < -0.39 is 51.7 Å². The number of carbonyl (C=O) groups is 1. The van der Waals surface area contributed by atoms with E-state index in [1.165, 1.54) is 6.07 Å². The maximum absolute atomic E-state index is 12.6.